The van der Waals surface area contributed by atoms with Crippen molar-refractivity contribution in [3.05, 3.63) is 51.6 Å². The maximum absolute atomic E-state index is 13.0. The van der Waals surface area contributed by atoms with Crippen LogP contribution in [0.1, 0.15) is 34.5 Å². The predicted molar refractivity (Wildman–Crippen MR) is 97.9 cm³/mol. The van der Waals surface area contributed by atoms with Gasteiger partial charge in [-0.15, -0.1) is 0 Å². The number of nitrogens with one attached hydrogen (secondary N) is 1. The number of methoxy groups -OCH3 is 1. The minimum atomic E-state index is -0.472. The first-order chi connectivity index (χ1) is 12.5. The molecule has 3 rings (SSSR count). The number of anilines is 1. The van der Waals surface area contributed by atoms with Gasteiger partial charge in [0.2, 0.25) is 5.88 Å². The van der Waals surface area contributed by atoms with Gasteiger partial charge in [-0.2, -0.15) is 0 Å². The molecular formula is C19H23N3O4. The van der Waals surface area contributed by atoms with Crippen molar-refractivity contribution in [3.63, 3.8) is 0 Å². The van der Waals surface area contributed by atoms with Crippen LogP contribution in [0.5, 0.6) is 5.88 Å². The Labute approximate surface area is 152 Å². The Morgan fingerprint density at radius 1 is 1.46 bits per heavy atom. The first kappa shape index (κ1) is 18.1. The normalized spacial score (nSPS) is 16.5. The van der Waals surface area contributed by atoms with Gasteiger partial charge in [0.25, 0.3) is 11.5 Å². The van der Waals surface area contributed by atoms with Crippen LogP contribution in [0, 0.1) is 13.8 Å². The summed E-state index contributed by atoms with van der Waals surface area (Å²) in [6, 6.07) is 5.22. The highest BCUT2D eigenvalue weighted by molar-refractivity contribution is 6.05. The van der Waals surface area contributed by atoms with Gasteiger partial charge in [0, 0.05) is 18.5 Å². The fourth-order valence-electron chi connectivity index (χ4n) is 3.26. The Kier molecular flexibility index (Phi) is 5.37. The van der Waals surface area contributed by atoms with E-state index in [4.69, 9.17) is 9.47 Å². The fraction of sp³-hybridized carbons (Fsp3) is 0.421. The van der Waals surface area contributed by atoms with E-state index in [0.29, 0.717) is 23.7 Å². The Hall–Kier alpha value is -2.67. The molecule has 0 aromatic carbocycles. The first-order valence-electron chi connectivity index (χ1n) is 8.64. The molecule has 138 valence electrons. The summed E-state index contributed by atoms with van der Waals surface area (Å²) < 4.78 is 12.4. The molecule has 26 heavy (non-hydrogen) atoms. The molecule has 0 radical (unpaired) electrons. The second kappa shape index (κ2) is 7.70. The standard InChI is InChI=1S/C19H23N3O4/c1-12-10-13(2)22(11-14-6-5-9-26-14)19(24)16(12)17(23)21-15-7-4-8-20-18(15)25-3/h4,7-8,10,14H,5-6,9,11H2,1-3H3,(H,21,23). The van der Waals surface area contributed by atoms with Crippen molar-refractivity contribution < 1.29 is 14.3 Å². The molecule has 1 fully saturated rings. The number of hydrogen-bond donors (Lipinski definition) is 1. The van der Waals surface area contributed by atoms with Crippen molar-refractivity contribution in [1.82, 2.24) is 9.55 Å². The minimum absolute atomic E-state index is 0.0171. The summed E-state index contributed by atoms with van der Waals surface area (Å²) >= 11 is 0. The molecule has 0 saturated carbocycles. The summed E-state index contributed by atoms with van der Waals surface area (Å²) in [5.74, 6) is -0.176. The SMILES string of the molecule is COc1ncccc1NC(=O)c1c(C)cc(C)n(CC2CCCO2)c1=O. The molecule has 7 heteroatoms. The van der Waals surface area contributed by atoms with Crippen LogP contribution in [-0.4, -0.2) is 35.3 Å². The van der Waals surface area contributed by atoms with E-state index in [-0.39, 0.29) is 17.2 Å². The molecule has 1 saturated heterocycles. The molecule has 1 aliphatic heterocycles. The quantitative estimate of drug-likeness (QED) is 0.888. The van der Waals surface area contributed by atoms with Crippen molar-refractivity contribution in [2.45, 2.75) is 39.3 Å². The second-order valence-corrected chi connectivity index (χ2v) is 6.41. The highest BCUT2D eigenvalue weighted by Crippen LogP contribution is 2.21. The van der Waals surface area contributed by atoms with Crippen LogP contribution in [0.25, 0.3) is 0 Å². The van der Waals surface area contributed by atoms with E-state index < -0.39 is 5.91 Å². The highest BCUT2D eigenvalue weighted by Gasteiger charge is 2.22. The van der Waals surface area contributed by atoms with E-state index in [9.17, 15) is 9.59 Å². The van der Waals surface area contributed by atoms with E-state index in [0.717, 1.165) is 25.1 Å². The van der Waals surface area contributed by atoms with Gasteiger partial charge >= 0.3 is 0 Å². The lowest BCUT2D eigenvalue weighted by molar-refractivity contribution is 0.0947. The van der Waals surface area contributed by atoms with Crippen LogP contribution in [0.2, 0.25) is 0 Å². The maximum Gasteiger partial charge on any atom is 0.263 e. The molecule has 7 nitrogen and oxygen atoms in total. The molecule has 3 heterocycles. The predicted octanol–water partition coefficient (Wildman–Crippen LogP) is 2.30. The number of carbonyl (C=O) groups excluding carboxylic acids is 1. The van der Waals surface area contributed by atoms with E-state index in [1.807, 2.05) is 13.0 Å². The zero-order valence-corrected chi connectivity index (χ0v) is 15.2. The third kappa shape index (κ3) is 3.62. The number of pyridine rings is 2. The molecular weight excluding hydrogens is 334 g/mol. The van der Waals surface area contributed by atoms with Crippen LogP contribution in [-0.2, 0) is 11.3 Å². The van der Waals surface area contributed by atoms with E-state index in [1.165, 1.54) is 7.11 Å². The second-order valence-electron chi connectivity index (χ2n) is 6.41. The number of nitrogens with zero attached hydrogens (tertiary/aromatic N) is 2. The van der Waals surface area contributed by atoms with Gasteiger partial charge < -0.3 is 19.4 Å². The lowest BCUT2D eigenvalue weighted by Crippen LogP contribution is -2.34. The summed E-state index contributed by atoms with van der Waals surface area (Å²) in [6.45, 7) is 4.81. The van der Waals surface area contributed by atoms with E-state index in [2.05, 4.69) is 10.3 Å². The summed E-state index contributed by atoms with van der Waals surface area (Å²) in [5.41, 5.74) is 1.69. The van der Waals surface area contributed by atoms with Gasteiger partial charge in [0.1, 0.15) is 11.3 Å². The number of ether oxygens (including phenoxy) is 2. The summed E-state index contributed by atoms with van der Waals surface area (Å²) in [4.78, 5) is 29.8. The van der Waals surface area contributed by atoms with Crippen molar-refractivity contribution in [3.8, 4) is 5.88 Å². The summed E-state index contributed by atoms with van der Waals surface area (Å²) in [5, 5.41) is 2.73. The first-order valence-corrected chi connectivity index (χ1v) is 8.64. The molecule has 1 amide bonds. The Morgan fingerprint density at radius 3 is 2.96 bits per heavy atom. The molecule has 2 aromatic rings. The molecule has 0 aliphatic carbocycles. The third-order valence-electron chi connectivity index (χ3n) is 4.55. The van der Waals surface area contributed by atoms with Crippen LogP contribution >= 0.6 is 0 Å². The minimum Gasteiger partial charge on any atom is -0.480 e. The van der Waals surface area contributed by atoms with E-state index in [1.54, 1.807) is 29.8 Å². The molecule has 1 unspecified atom stereocenters. The number of rotatable bonds is 5. The number of carbonyl (C=O) groups is 1. The zero-order chi connectivity index (χ0) is 18.7. The molecule has 1 aliphatic rings. The maximum atomic E-state index is 13.0. The average molecular weight is 357 g/mol. The van der Waals surface area contributed by atoms with Crippen LogP contribution in [0.3, 0.4) is 0 Å². The summed E-state index contributed by atoms with van der Waals surface area (Å²) in [6.07, 6.45) is 3.51. The number of aromatic nitrogens is 2. The largest absolute Gasteiger partial charge is 0.480 e. The molecule has 0 bridgehead atoms. The van der Waals surface area contributed by atoms with Crippen molar-refractivity contribution in [1.29, 1.82) is 0 Å². The zero-order valence-electron chi connectivity index (χ0n) is 15.2. The van der Waals surface area contributed by atoms with Gasteiger partial charge in [-0.05, 0) is 50.5 Å². The van der Waals surface area contributed by atoms with Gasteiger partial charge in [-0.3, -0.25) is 9.59 Å². The van der Waals surface area contributed by atoms with Crippen molar-refractivity contribution in [2.75, 3.05) is 19.0 Å². The Bertz CT molecular complexity index is 870. The monoisotopic (exact) mass is 357 g/mol. The van der Waals surface area contributed by atoms with Gasteiger partial charge in [0.15, 0.2) is 0 Å². The van der Waals surface area contributed by atoms with Gasteiger partial charge in [-0.1, -0.05) is 0 Å². The Balaban J connectivity index is 1.93. The van der Waals surface area contributed by atoms with Crippen LogP contribution in [0.4, 0.5) is 5.69 Å². The molecule has 1 N–H and O–H groups in total. The number of aryl methyl sites for hydroxylation is 2. The van der Waals surface area contributed by atoms with Crippen LogP contribution < -0.4 is 15.6 Å². The van der Waals surface area contributed by atoms with Crippen molar-refractivity contribution >= 4 is 11.6 Å². The highest BCUT2D eigenvalue weighted by atomic mass is 16.5. The number of amides is 1. The van der Waals surface area contributed by atoms with Gasteiger partial charge in [-0.25, -0.2) is 4.98 Å². The lowest BCUT2D eigenvalue weighted by atomic mass is 10.1. The molecule has 1 atom stereocenters. The molecule has 2 aromatic heterocycles. The van der Waals surface area contributed by atoms with E-state index >= 15 is 0 Å². The van der Waals surface area contributed by atoms with Crippen LogP contribution in [0.15, 0.2) is 29.2 Å². The lowest BCUT2D eigenvalue weighted by Gasteiger charge is -2.17. The molecule has 0 spiro atoms. The topological polar surface area (TPSA) is 82.4 Å². The smallest absolute Gasteiger partial charge is 0.263 e. The Morgan fingerprint density at radius 2 is 2.27 bits per heavy atom. The van der Waals surface area contributed by atoms with Gasteiger partial charge in [0.05, 0.1) is 19.8 Å². The average Bonchev–Trinajstić information content (AvgIpc) is 3.12. The number of hydrogen-bond acceptors (Lipinski definition) is 5. The third-order valence-corrected chi connectivity index (χ3v) is 4.55. The van der Waals surface area contributed by atoms with Crippen molar-refractivity contribution in [2.24, 2.45) is 0 Å². The fourth-order valence-corrected chi connectivity index (χ4v) is 3.26. The summed E-state index contributed by atoms with van der Waals surface area (Å²) in [7, 11) is 1.48.